The number of halogens is 1. The van der Waals surface area contributed by atoms with Crippen molar-refractivity contribution in [2.75, 3.05) is 5.32 Å². The van der Waals surface area contributed by atoms with Gasteiger partial charge in [0.05, 0.1) is 28.1 Å². The maximum absolute atomic E-state index is 12.3. The third kappa shape index (κ3) is 2.08. The van der Waals surface area contributed by atoms with Crippen LogP contribution in [0.5, 0.6) is 0 Å². The number of carbonyl (C=O) groups excluding carboxylic acids is 1. The van der Waals surface area contributed by atoms with E-state index in [4.69, 9.17) is 11.6 Å². The molecule has 2 heterocycles. The Hall–Kier alpha value is -2.34. The average Bonchev–Trinajstić information content (AvgIpc) is 3.06. The van der Waals surface area contributed by atoms with Crippen LogP contribution in [-0.2, 0) is 0 Å². The Kier molecular flexibility index (Phi) is 2.71. The van der Waals surface area contributed by atoms with Crippen LogP contribution in [0.3, 0.4) is 0 Å². The van der Waals surface area contributed by atoms with Gasteiger partial charge in [-0.25, -0.2) is 0 Å². The fraction of sp³-hybridized carbons (Fsp3) is 0.214. The molecule has 7 heteroatoms. The molecule has 0 unspecified atom stereocenters. The summed E-state index contributed by atoms with van der Waals surface area (Å²) in [7, 11) is 0. The van der Waals surface area contributed by atoms with Gasteiger partial charge in [0.1, 0.15) is 0 Å². The van der Waals surface area contributed by atoms with Crippen LogP contribution in [0.25, 0.3) is 10.9 Å². The lowest BCUT2D eigenvalue weighted by molar-refractivity contribution is 0.102. The molecule has 3 aromatic rings. The van der Waals surface area contributed by atoms with Gasteiger partial charge in [-0.15, -0.1) is 0 Å². The molecular weight excluding hydrogens is 290 g/mol. The molecule has 4 rings (SSSR count). The summed E-state index contributed by atoms with van der Waals surface area (Å²) in [6.07, 6.45) is 3.89. The number of para-hydroxylation sites is 1. The van der Waals surface area contributed by atoms with Crippen molar-refractivity contribution in [2.24, 2.45) is 0 Å². The Morgan fingerprint density at radius 1 is 1.33 bits per heavy atom. The van der Waals surface area contributed by atoms with Crippen LogP contribution in [0.1, 0.15) is 34.9 Å². The Morgan fingerprint density at radius 2 is 2.19 bits per heavy atom. The van der Waals surface area contributed by atoms with Gasteiger partial charge in [0.2, 0.25) is 0 Å². The van der Waals surface area contributed by atoms with E-state index in [0.29, 0.717) is 16.6 Å². The number of anilines is 1. The van der Waals surface area contributed by atoms with Crippen LogP contribution in [0.2, 0.25) is 5.02 Å². The van der Waals surface area contributed by atoms with Gasteiger partial charge in [-0.05, 0) is 18.9 Å². The van der Waals surface area contributed by atoms with E-state index in [1.807, 2.05) is 12.1 Å². The number of aromatic nitrogens is 4. The zero-order valence-electron chi connectivity index (χ0n) is 11.0. The molecule has 1 aliphatic carbocycles. The standard InChI is InChI=1S/C14H12ClN5O/c15-10-12(7-4-5-7)19-20-13(10)14(21)17-9-3-1-2-8-6-16-18-11(8)9/h1-3,6-7H,4-5H2,(H,16,18)(H,17,21)(H,19,20). The Balaban J connectivity index is 1.65. The third-order valence-corrected chi connectivity index (χ3v) is 4.04. The summed E-state index contributed by atoms with van der Waals surface area (Å²) in [6.45, 7) is 0. The minimum atomic E-state index is -0.328. The fourth-order valence-electron chi connectivity index (χ4n) is 2.39. The van der Waals surface area contributed by atoms with Crippen molar-refractivity contribution in [3.8, 4) is 0 Å². The van der Waals surface area contributed by atoms with Gasteiger partial charge in [0.25, 0.3) is 5.91 Å². The smallest absolute Gasteiger partial charge is 0.277 e. The molecule has 0 spiro atoms. The third-order valence-electron chi connectivity index (χ3n) is 3.66. The first-order chi connectivity index (χ1) is 10.2. The molecule has 0 atom stereocenters. The summed E-state index contributed by atoms with van der Waals surface area (Å²) in [5.74, 6) is 0.0906. The second-order valence-corrected chi connectivity index (χ2v) is 5.55. The first-order valence-corrected chi connectivity index (χ1v) is 7.09. The zero-order chi connectivity index (χ0) is 14.4. The predicted molar refractivity (Wildman–Crippen MR) is 79.6 cm³/mol. The van der Waals surface area contributed by atoms with Crippen molar-refractivity contribution in [2.45, 2.75) is 18.8 Å². The Morgan fingerprint density at radius 3 is 3.00 bits per heavy atom. The normalized spacial score (nSPS) is 14.5. The molecule has 0 radical (unpaired) electrons. The summed E-state index contributed by atoms with van der Waals surface area (Å²) in [6, 6.07) is 5.58. The molecule has 3 N–H and O–H groups in total. The van der Waals surface area contributed by atoms with Crippen LogP contribution < -0.4 is 5.32 Å². The Bertz CT molecular complexity index is 833. The molecule has 1 aromatic carbocycles. The van der Waals surface area contributed by atoms with Crippen LogP contribution in [0, 0.1) is 0 Å². The molecule has 1 aliphatic rings. The molecule has 2 aromatic heterocycles. The molecule has 1 saturated carbocycles. The summed E-state index contributed by atoms with van der Waals surface area (Å²) < 4.78 is 0. The number of carbonyl (C=O) groups is 1. The quantitative estimate of drug-likeness (QED) is 0.695. The molecule has 1 amide bonds. The summed E-state index contributed by atoms with van der Waals surface area (Å²) in [4.78, 5) is 12.3. The summed E-state index contributed by atoms with van der Waals surface area (Å²) in [5, 5.41) is 17.9. The molecule has 0 aliphatic heterocycles. The maximum atomic E-state index is 12.3. The first kappa shape index (κ1) is 12.4. The van der Waals surface area contributed by atoms with Gasteiger partial charge in [0, 0.05) is 11.3 Å². The number of H-pyrrole nitrogens is 2. The van der Waals surface area contributed by atoms with E-state index in [9.17, 15) is 4.79 Å². The molecule has 106 valence electrons. The highest BCUT2D eigenvalue weighted by Crippen LogP contribution is 2.42. The highest BCUT2D eigenvalue weighted by atomic mass is 35.5. The van der Waals surface area contributed by atoms with Crippen molar-refractivity contribution in [1.82, 2.24) is 20.4 Å². The highest BCUT2D eigenvalue weighted by molar-refractivity contribution is 6.35. The van der Waals surface area contributed by atoms with Gasteiger partial charge in [-0.2, -0.15) is 10.2 Å². The van der Waals surface area contributed by atoms with Crippen molar-refractivity contribution in [3.63, 3.8) is 0 Å². The summed E-state index contributed by atoms with van der Waals surface area (Å²) >= 11 is 6.24. The number of benzene rings is 1. The van der Waals surface area contributed by atoms with E-state index in [1.165, 1.54) is 0 Å². The van der Waals surface area contributed by atoms with E-state index in [0.717, 1.165) is 29.4 Å². The van der Waals surface area contributed by atoms with Gasteiger partial charge >= 0.3 is 0 Å². The number of rotatable bonds is 3. The average molecular weight is 302 g/mol. The molecule has 0 bridgehead atoms. The Labute approximate surface area is 124 Å². The van der Waals surface area contributed by atoms with Crippen LogP contribution in [0.15, 0.2) is 24.4 Å². The minimum absolute atomic E-state index is 0.232. The maximum Gasteiger partial charge on any atom is 0.277 e. The lowest BCUT2D eigenvalue weighted by Crippen LogP contribution is -2.13. The minimum Gasteiger partial charge on any atom is -0.319 e. The lowest BCUT2D eigenvalue weighted by atomic mass is 10.2. The van der Waals surface area contributed by atoms with E-state index >= 15 is 0 Å². The molecule has 0 saturated heterocycles. The van der Waals surface area contributed by atoms with Gasteiger partial charge in [-0.3, -0.25) is 15.0 Å². The molecular formula is C14H12ClN5O. The molecule has 6 nitrogen and oxygen atoms in total. The van der Waals surface area contributed by atoms with Crippen molar-refractivity contribution in [1.29, 1.82) is 0 Å². The van der Waals surface area contributed by atoms with Crippen LogP contribution >= 0.6 is 11.6 Å². The number of nitrogens with zero attached hydrogens (tertiary/aromatic N) is 2. The van der Waals surface area contributed by atoms with E-state index in [-0.39, 0.29) is 11.6 Å². The molecule has 21 heavy (non-hydrogen) atoms. The van der Waals surface area contributed by atoms with Gasteiger partial charge < -0.3 is 5.32 Å². The fourth-order valence-corrected chi connectivity index (χ4v) is 2.71. The molecule has 1 fully saturated rings. The number of fused-ring (bicyclic) bond motifs is 1. The van der Waals surface area contributed by atoms with Crippen molar-refractivity contribution < 1.29 is 4.79 Å². The second-order valence-electron chi connectivity index (χ2n) is 5.17. The lowest BCUT2D eigenvalue weighted by Gasteiger charge is -2.04. The number of aromatic amines is 2. The van der Waals surface area contributed by atoms with Crippen LogP contribution in [-0.4, -0.2) is 26.3 Å². The predicted octanol–water partition coefficient (Wildman–Crippen LogP) is 3.07. The number of amides is 1. The van der Waals surface area contributed by atoms with Gasteiger partial charge in [0.15, 0.2) is 5.69 Å². The number of nitrogens with one attached hydrogen (secondary N) is 3. The van der Waals surface area contributed by atoms with Gasteiger partial charge in [-0.1, -0.05) is 23.7 Å². The SMILES string of the molecule is O=C(Nc1cccc2cn[nH]c12)c1n[nH]c(C2CC2)c1Cl. The van der Waals surface area contributed by atoms with Crippen molar-refractivity contribution >= 4 is 34.1 Å². The largest absolute Gasteiger partial charge is 0.319 e. The summed E-state index contributed by atoms with van der Waals surface area (Å²) in [5.41, 5.74) is 2.53. The van der Waals surface area contributed by atoms with E-state index in [2.05, 4.69) is 25.7 Å². The second kappa shape index (κ2) is 4.60. The van der Waals surface area contributed by atoms with Crippen LogP contribution in [0.4, 0.5) is 5.69 Å². The van der Waals surface area contributed by atoms with E-state index < -0.39 is 0 Å². The number of hydrogen-bond donors (Lipinski definition) is 3. The zero-order valence-corrected chi connectivity index (χ0v) is 11.7. The number of hydrogen-bond acceptors (Lipinski definition) is 3. The van der Waals surface area contributed by atoms with E-state index in [1.54, 1.807) is 12.3 Å². The monoisotopic (exact) mass is 301 g/mol. The topological polar surface area (TPSA) is 86.5 Å². The van der Waals surface area contributed by atoms with Crippen molar-refractivity contribution in [3.05, 3.63) is 40.8 Å². The highest BCUT2D eigenvalue weighted by Gasteiger charge is 2.30. The first-order valence-electron chi connectivity index (χ1n) is 6.71.